The van der Waals surface area contributed by atoms with E-state index in [0.29, 0.717) is 25.0 Å². The number of nitrogens with zero attached hydrogens (tertiary/aromatic N) is 1. The molecule has 0 aliphatic carbocycles. The molecular formula is C30H41NO4. The van der Waals surface area contributed by atoms with Gasteiger partial charge in [0.05, 0.1) is 18.0 Å². The van der Waals surface area contributed by atoms with Crippen LogP contribution in [0.2, 0.25) is 0 Å². The summed E-state index contributed by atoms with van der Waals surface area (Å²) in [5.74, 6) is 0.0645. The minimum absolute atomic E-state index is 0.0876. The standard InChI is InChI=1S/C30H41NO4/c1-4-6-7-8-9-10-11-12-13-14-30(33)35-27-21-22-28(31-23-27)26-19-17-25(18-20-26)16-15-24(3)34-29(32)5-2/h11-12,17-24H,4-10,13-16H2,1-3H3/b12-11+. The van der Waals surface area contributed by atoms with Crippen molar-refractivity contribution >= 4 is 11.9 Å². The summed E-state index contributed by atoms with van der Waals surface area (Å²) in [6.45, 7) is 5.95. The third-order valence-electron chi connectivity index (χ3n) is 5.83. The molecule has 1 aromatic heterocycles. The zero-order valence-corrected chi connectivity index (χ0v) is 21.6. The molecule has 0 radical (unpaired) electrons. The molecule has 2 rings (SSSR count). The number of esters is 2. The normalized spacial score (nSPS) is 12.0. The highest BCUT2D eigenvalue weighted by molar-refractivity contribution is 5.72. The van der Waals surface area contributed by atoms with Crippen molar-refractivity contribution in [1.29, 1.82) is 0 Å². The first-order valence-corrected chi connectivity index (χ1v) is 13.1. The summed E-state index contributed by atoms with van der Waals surface area (Å²) in [6, 6.07) is 11.8. The second-order valence-electron chi connectivity index (χ2n) is 8.96. The highest BCUT2D eigenvalue weighted by Gasteiger charge is 2.09. The minimum Gasteiger partial charge on any atom is -0.463 e. The Morgan fingerprint density at radius 1 is 0.914 bits per heavy atom. The molecular weight excluding hydrogens is 438 g/mol. The number of hydrogen-bond donors (Lipinski definition) is 0. The largest absolute Gasteiger partial charge is 0.463 e. The van der Waals surface area contributed by atoms with Gasteiger partial charge in [-0.05, 0) is 56.7 Å². The number of ether oxygens (including phenoxy) is 2. The van der Waals surface area contributed by atoms with Crippen LogP contribution >= 0.6 is 0 Å². The molecule has 0 N–H and O–H groups in total. The Hall–Kier alpha value is -2.95. The van der Waals surface area contributed by atoms with E-state index in [1.807, 2.05) is 25.1 Å². The third-order valence-corrected chi connectivity index (χ3v) is 5.83. The second-order valence-corrected chi connectivity index (χ2v) is 8.96. The Morgan fingerprint density at radius 2 is 1.66 bits per heavy atom. The Balaban J connectivity index is 1.71. The van der Waals surface area contributed by atoms with E-state index in [-0.39, 0.29) is 18.0 Å². The van der Waals surface area contributed by atoms with Crippen molar-refractivity contribution < 1.29 is 19.1 Å². The zero-order chi connectivity index (χ0) is 25.3. The monoisotopic (exact) mass is 479 g/mol. The van der Waals surface area contributed by atoms with E-state index in [1.165, 1.54) is 37.7 Å². The molecule has 190 valence electrons. The first-order valence-electron chi connectivity index (χ1n) is 13.1. The van der Waals surface area contributed by atoms with Crippen LogP contribution in [-0.4, -0.2) is 23.0 Å². The average molecular weight is 480 g/mol. The van der Waals surface area contributed by atoms with Gasteiger partial charge in [-0.15, -0.1) is 0 Å². The van der Waals surface area contributed by atoms with Crippen LogP contribution in [0.1, 0.15) is 90.5 Å². The number of benzene rings is 1. The molecule has 0 aliphatic rings. The number of rotatable bonds is 16. The van der Waals surface area contributed by atoms with E-state index in [1.54, 1.807) is 19.2 Å². The van der Waals surface area contributed by atoms with Gasteiger partial charge in [0.1, 0.15) is 5.75 Å². The lowest BCUT2D eigenvalue weighted by Gasteiger charge is -2.12. The van der Waals surface area contributed by atoms with Crippen LogP contribution in [0.4, 0.5) is 0 Å². The summed E-state index contributed by atoms with van der Waals surface area (Å²) < 4.78 is 10.7. The molecule has 0 fully saturated rings. The molecule has 0 bridgehead atoms. The van der Waals surface area contributed by atoms with Crippen LogP contribution < -0.4 is 4.74 Å². The van der Waals surface area contributed by atoms with Crippen LogP contribution in [0, 0.1) is 0 Å². The van der Waals surface area contributed by atoms with Crippen molar-refractivity contribution in [2.75, 3.05) is 0 Å². The van der Waals surface area contributed by atoms with Gasteiger partial charge in [-0.2, -0.15) is 0 Å². The van der Waals surface area contributed by atoms with E-state index in [4.69, 9.17) is 9.47 Å². The zero-order valence-electron chi connectivity index (χ0n) is 21.6. The van der Waals surface area contributed by atoms with Crippen molar-refractivity contribution in [2.24, 2.45) is 0 Å². The van der Waals surface area contributed by atoms with Gasteiger partial charge >= 0.3 is 11.9 Å². The van der Waals surface area contributed by atoms with Crippen LogP contribution in [-0.2, 0) is 20.7 Å². The Morgan fingerprint density at radius 3 is 2.34 bits per heavy atom. The van der Waals surface area contributed by atoms with Crippen molar-refractivity contribution in [3.05, 3.63) is 60.3 Å². The van der Waals surface area contributed by atoms with Crippen LogP contribution in [0.5, 0.6) is 5.75 Å². The van der Waals surface area contributed by atoms with Gasteiger partial charge < -0.3 is 9.47 Å². The lowest BCUT2D eigenvalue weighted by atomic mass is 10.0. The number of carbonyl (C=O) groups is 2. The number of unbranched alkanes of at least 4 members (excludes halogenated alkanes) is 5. The maximum Gasteiger partial charge on any atom is 0.311 e. The molecule has 5 heteroatoms. The lowest BCUT2D eigenvalue weighted by Crippen LogP contribution is -2.14. The maximum atomic E-state index is 12.1. The number of allylic oxidation sites excluding steroid dienone is 2. The molecule has 2 aromatic rings. The number of aryl methyl sites for hydroxylation is 1. The first kappa shape index (κ1) is 28.3. The van der Waals surface area contributed by atoms with Crippen LogP contribution in [0.3, 0.4) is 0 Å². The highest BCUT2D eigenvalue weighted by Crippen LogP contribution is 2.21. The van der Waals surface area contributed by atoms with Gasteiger partial charge in [-0.25, -0.2) is 0 Å². The summed E-state index contributed by atoms with van der Waals surface area (Å²) in [4.78, 5) is 27.9. The highest BCUT2D eigenvalue weighted by atomic mass is 16.5. The number of aromatic nitrogens is 1. The Labute approximate surface area is 211 Å². The number of hydrogen-bond acceptors (Lipinski definition) is 5. The van der Waals surface area contributed by atoms with E-state index < -0.39 is 0 Å². The second kappa shape index (κ2) is 16.6. The number of carbonyl (C=O) groups excluding carboxylic acids is 2. The molecule has 1 heterocycles. The predicted molar refractivity (Wildman–Crippen MR) is 141 cm³/mol. The quantitative estimate of drug-likeness (QED) is 0.141. The lowest BCUT2D eigenvalue weighted by molar-refractivity contribution is -0.148. The number of pyridine rings is 1. The van der Waals surface area contributed by atoms with Crippen molar-refractivity contribution in [1.82, 2.24) is 4.98 Å². The van der Waals surface area contributed by atoms with Gasteiger partial charge in [0.25, 0.3) is 0 Å². The third kappa shape index (κ3) is 11.8. The molecule has 1 unspecified atom stereocenters. The SMILES string of the molecule is CCCCCCC/C=C/CCC(=O)Oc1ccc(-c2ccc(CCC(C)OC(=O)CC)cc2)nc1. The van der Waals surface area contributed by atoms with Crippen LogP contribution in [0.25, 0.3) is 11.3 Å². The molecule has 0 saturated carbocycles. The fourth-order valence-electron chi connectivity index (χ4n) is 3.68. The molecule has 1 atom stereocenters. The van der Waals surface area contributed by atoms with Crippen LogP contribution in [0.15, 0.2) is 54.7 Å². The minimum atomic E-state index is -0.240. The van der Waals surface area contributed by atoms with Crippen molar-refractivity contribution in [3.63, 3.8) is 0 Å². The van der Waals surface area contributed by atoms with E-state index in [0.717, 1.165) is 30.5 Å². The molecule has 0 saturated heterocycles. The summed E-state index contributed by atoms with van der Waals surface area (Å²) in [5.41, 5.74) is 3.00. The first-order chi connectivity index (χ1) is 17.0. The Kier molecular flexibility index (Phi) is 13.4. The molecule has 0 amide bonds. The molecule has 0 aliphatic heterocycles. The summed E-state index contributed by atoms with van der Waals surface area (Å²) in [6.07, 6.45) is 16.3. The van der Waals surface area contributed by atoms with E-state index >= 15 is 0 Å². The summed E-state index contributed by atoms with van der Waals surface area (Å²) >= 11 is 0. The molecule has 5 nitrogen and oxygen atoms in total. The van der Waals surface area contributed by atoms with Gasteiger partial charge in [-0.3, -0.25) is 14.6 Å². The topological polar surface area (TPSA) is 65.5 Å². The van der Waals surface area contributed by atoms with Gasteiger partial charge in [0, 0.05) is 18.4 Å². The average Bonchev–Trinajstić information content (AvgIpc) is 2.87. The molecule has 0 spiro atoms. The van der Waals surface area contributed by atoms with Crippen molar-refractivity contribution in [3.8, 4) is 17.0 Å². The summed E-state index contributed by atoms with van der Waals surface area (Å²) in [7, 11) is 0. The Bertz CT molecular complexity index is 903. The fourth-order valence-corrected chi connectivity index (χ4v) is 3.68. The van der Waals surface area contributed by atoms with Gasteiger partial charge in [0.15, 0.2) is 0 Å². The van der Waals surface area contributed by atoms with E-state index in [9.17, 15) is 9.59 Å². The molecule has 35 heavy (non-hydrogen) atoms. The smallest absolute Gasteiger partial charge is 0.311 e. The predicted octanol–water partition coefficient (Wildman–Crippen LogP) is 7.63. The molecule has 1 aromatic carbocycles. The fraction of sp³-hybridized carbons (Fsp3) is 0.500. The van der Waals surface area contributed by atoms with Gasteiger partial charge in [0.2, 0.25) is 0 Å². The van der Waals surface area contributed by atoms with Crippen molar-refractivity contribution in [2.45, 2.75) is 97.5 Å². The summed E-state index contributed by atoms with van der Waals surface area (Å²) in [5, 5.41) is 0. The van der Waals surface area contributed by atoms with E-state index in [2.05, 4.69) is 36.2 Å². The maximum absolute atomic E-state index is 12.1. The van der Waals surface area contributed by atoms with Gasteiger partial charge in [-0.1, -0.05) is 75.9 Å².